The van der Waals surface area contributed by atoms with Crippen LogP contribution in [0.5, 0.6) is 0 Å². The molecule has 0 spiro atoms. The maximum absolute atomic E-state index is 12.3. The molecule has 0 saturated carbocycles. The fourth-order valence-corrected chi connectivity index (χ4v) is 2.88. The van der Waals surface area contributed by atoms with E-state index in [-0.39, 0.29) is 18.4 Å². The van der Waals surface area contributed by atoms with Crippen LogP contribution in [0.15, 0.2) is 11.4 Å². The Morgan fingerprint density at radius 1 is 1.60 bits per heavy atom. The Bertz CT molecular complexity index is 529. The summed E-state index contributed by atoms with van der Waals surface area (Å²) in [5.74, 6) is 5.98. The van der Waals surface area contributed by atoms with Crippen molar-refractivity contribution in [1.82, 2.24) is 4.90 Å². The number of aliphatic hydroxyl groups excluding tert-OH is 2. The van der Waals surface area contributed by atoms with Crippen LogP contribution in [0.3, 0.4) is 0 Å². The lowest BCUT2D eigenvalue weighted by Crippen LogP contribution is -2.45. The van der Waals surface area contributed by atoms with E-state index in [9.17, 15) is 9.90 Å². The van der Waals surface area contributed by atoms with Crippen LogP contribution in [-0.4, -0.2) is 46.8 Å². The van der Waals surface area contributed by atoms with E-state index in [1.807, 2.05) is 6.92 Å². The minimum atomic E-state index is -0.435. The van der Waals surface area contributed by atoms with Gasteiger partial charge in [-0.3, -0.25) is 4.79 Å². The van der Waals surface area contributed by atoms with Crippen molar-refractivity contribution in [2.24, 2.45) is 5.92 Å². The Balaban J connectivity index is 2.01. The van der Waals surface area contributed by atoms with Gasteiger partial charge in [-0.05, 0) is 18.4 Å². The summed E-state index contributed by atoms with van der Waals surface area (Å²) in [6.07, 6.45) is 0.840. The van der Waals surface area contributed by atoms with Gasteiger partial charge in [0.25, 0.3) is 5.91 Å². The molecule has 1 saturated heterocycles. The third-order valence-corrected chi connectivity index (χ3v) is 4.35. The summed E-state index contributed by atoms with van der Waals surface area (Å²) < 4.78 is 0. The molecule has 4 nitrogen and oxygen atoms in total. The molecule has 2 N–H and O–H groups in total. The molecule has 20 heavy (non-hydrogen) atoms. The van der Waals surface area contributed by atoms with Crippen molar-refractivity contribution in [3.05, 3.63) is 21.9 Å². The SMILES string of the molecule is CC1CCN(C(=O)c2csc(C#CCCO)c2)CC1O. The summed E-state index contributed by atoms with van der Waals surface area (Å²) in [5.41, 5.74) is 0.630. The number of rotatable bonds is 2. The van der Waals surface area contributed by atoms with Gasteiger partial charge in [0.2, 0.25) is 0 Å². The van der Waals surface area contributed by atoms with E-state index in [4.69, 9.17) is 5.11 Å². The van der Waals surface area contributed by atoms with Crippen LogP contribution in [-0.2, 0) is 0 Å². The average Bonchev–Trinajstić information content (AvgIpc) is 2.90. The highest BCUT2D eigenvalue weighted by molar-refractivity contribution is 7.10. The minimum Gasteiger partial charge on any atom is -0.395 e. The molecular formula is C15H19NO3S. The van der Waals surface area contributed by atoms with Crippen molar-refractivity contribution in [2.45, 2.75) is 25.9 Å². The molecule has 0 bridgehead atoms. The standard InChI is InChI=1S/C15H19NO3S/c1-11-5-6-16(9-14(11)18)15(19)12-8-13(20-10-12)4-2-3-7-17/h8,10-11,14,17-18H,3,5-7,9H2,1H3. The number of aliphatic hydroxyl groups is 2. The highest BCUT2D eigenvalue weighted by Crippen LogP contribution is 2.21. The highest BCUT2D eigenvalue weighted by atomic mass is 32.1. The molecule has 0 aromatic carbocycles. The van der Waals surface area contributed by atoms with Gasteiger partial charge in [-0.25, -0.2) is 0 Å². The first kappa shape index (κ1) is 15.0. The fourth-order valence-electron chi connectivity index (χ4n) is 2.14. The summed E-state index contributed by atoms with van der Waals surface area (Å²) in [7, 11) is 0. The van der Waals surface area contributed by atoms with E-state index in [2.05, 4.69) is 11.8 Å². The highest BCUT2D eigenvalue weighted by Gasteiger charge is 2.28. The van der Waals surface area contributed by atoms with Crippen LogP contribution in [0.1, 0.15) is 35.0 Å². The summed E-state index contributed by atoms with van der Waals surface area (Å²) in [6, 6.07) is 1.78. The number of carbonyl (C=O) groups is 1. The van der Waals surface area contributed by atoms with E-state index < -0.39 is 6.10 Å². The monoisotopic (exact) mass is 293 g/mol. The number of likely N-dealkylation sites (tertiary alicyclic amines) is 1. The molecule has 1 amide bonds. The van der Waals surface area contributed by atoms with Crippen LogP contribution in [0.4, 0.5) is 0 Å². The molecular weight excluding hydrogens is 274 g/mol. The van der Waals surface area contributed by atoms with Crippen LogP contribution < -0.4 is 0 Å². The second kappa shape index (κ2) is 6.89. The second-order valence-electron chi connectivity index (χ2n) is 5.06. The lowest BCUT2D eigenvalue weighted by molar-refractivity contribution is 0.0249. The molecule has 2 heterocycles. The van der Waals surface area contributed by atoms with E-state index in [0.29, 0.717) is 25.1 Å². The first-order chi connectivity index (χ1) is 9.61. The van der Waals surface area contributed by atoms with Gasteiger partial charge in [0, 0.05) is 24.9 Å². The zero-order valence-corrected chi connectivity index (χ0v) is 12.3. The molecule has 0 aliphatic carbocycles. The van der Waals surface area contributed by atoms with Crippen LogP contribution in [0.2, 0.25) is 0 Å². The van der Waals surface area contributed by atoms with E-state index in [1.54, 1.807) is 16.3 Å². The lowest BCUT2D eigenvalue weighted by atomic mass is 9.96. The van der Waals surface area contributed by atoms with Crippen molar-refractivity contribution in [3.63, 3.8) is 0 Å². The number of hydrogen-bond donors (Lipinski definition) is 2. The van der Waals surface area contributed by atoms with Gasteiger partial charge >= 0.3 is 0 Å². The van der Waals surface area contributed by atoms with Gasteiger partial charge in [-0.2, -0.15) is 0 Å². The first-order valence-corrected chi connectivity index (χ1v) is 7.65. The quantitative estimate of drug-likeness (QED) is 0.809. The molecule has 1 aliphatic rings. The van der Waals surface area contributed by atoms with Crippen molar-refractivity contribution in [3.8, 4) is 11.8 Å². The topological polar surface area (TPSA) is 60.8 Å². The van der Waals surface area contributed by atoms with Crippen LogP contribution in [0, 0.1) is 17.8 Å². The Hall–Kier alpha value is -1.35. The van der Waals surface area contributed by atoms with Gasteiger partial charge in [0.15, 0.2) is 0 Å². The smallest absolute Gasteiger partial charge is 0.254 e. The number of carbonyl (C=O) groups excluding carboxylic acids is 1. The molecule has 1 fully saturated rings. The third kappa shape index (κ3) is 3.60. The molecule has 1 aromatic rings. The number of piperidine rings is 1. The van der Waals surface area contributed by atoms with Crippen molar-refractivity contribution in [1.29, 1.82) is 0 Å². The maximum atomic E-state index is 12.3. The van der Waals surface area contributed by atoms with E-state index in [0.717, 1.165) is 11.3 Å². The van der Waals surface area contributed by atoms with Gasteiger partial charge in [0.1, 0.15) is 0 Å². The third-order valence-electron chi connectivity index (χ3n) is 3.50. The Morgan fingerprint density at radius 3 is 3.10 bits per heavy atom. The zero-order chi connectivity index (χ0) is 14.5. The van der Waals surface area contributed by atoms with E-state index in [1.165, 1.54) is 11.3 Å². The number of nitrogens with zero attached hydrogens (tertiary/aromatic N) is 1. The zero-order valence-electron chi connectivity index (χ0n) is 11.5. The van der Waals surface area contributed by atoms with Crippen molar-refractivity contribution >= 4 is 17.2 Å². The largest absolute Gasteiger partial charge is 0.395 e. The van der Waals surface area contributed by atoms with Crippen molar-refractivity contribution in [2.75, 3.05) is 19.7 Å². The fraction of sp³-hybridized carbons (Fsp3) is 0.533. The van der Waals surface area contributed by atoms with Gasteiger partial charge in [-0.15, -0.1) is 11.3 Å². The van der Waals surface area contributed by atoms with Crippen LogP contribution in [0.25, 0.3) is 0 Å². The molecule has 2 unspecified atom stereocenters. The predicted molar refractivity (Wildman–Crippen MR) is 78.6 cm³/mol. The first-order valence-electron chi connectivity index (χ1n) is 6.77. The summed E-state index contributed by atoms with van der Waals surface area (Å²) in [6.45, 7) is 3.15. The molecule has 1 aliphatic heterocycles. The number of hydrogen-bond acceptors (Lipinski definition) is 4. The predicted octanol–water partition coefficient (Wildman–Crippen LogP) is 1.32. The molecule has 5 heteroatoms. The maximum Gasteiger partial charge on any atom is 0.254 e. The molecule has 1 aromatic heterocycles. The molecule has 0 radical (unpaired) electrons. The van der Waals surface area contributed by atoms with Gasteiger partial charge in [0.05, 0.1) is 23.2 Å². The number of thiophene rings is 1. The summed E-state index contributed by atoms with van der Waals surface area (Å²) in [4.78, 5) is 14.9. The minimum absolute atomic E-state index is 0.0394. The Morgan fingerprint density at radius 2 is 2.40 bits per heavy atom. The molecule has 108 valence electrons. The second-order valence-corrected chi connectivity index (χ2v) is 5.97. The van der Waals surface area contributed by atoms with Crippen LogP contribution >= 0.6 is 11.3 Å². The molecule has 2 atom stereocenters. The van der Waals surface area contributed by atoms with E-state index >= 15 is 0 Å². The number of amides is 1. The normalized spacial score (nSPS) is 22.2. The average molecular weight is 293 g/mol. The van der Waals surface area contributed by atoms with Gasteiger partial charge in [-0.1, -0.05) is 18.8 Å². The number of β-amino-alcohol motifs (C(OH)–C–C–N with tert-alkyl or cyclic N) is 1. The Labute approximate surface area is 123 Å². The van der Waals surface area contributed by atoms with Crippen molar-refractivity contribution < 1.29 is 15.0 Å². The lowest BCUT2D eigenvalue weighted by Gasteiger charge is -2.34. The molecule has 2 rings (SSSR count). The summed E-state index contributed by atoms with van der Waals surface area (Å²) >= 11 is 1.43. The Kier molecular flexibility index (Phi) is 5.18. The van der Waals surface area contributed by atoms with Gasteiger partial charge < -0.3 is 15.1 Å². The summed E-state index contributed by atoms with van der Waals surface area (Å²) in [5, 5.41) is 20.3.